The maximum atomic E-state index is 13.1. The molecule has 0 radical (unpaired) electrons. The summed E-state index contributed by atoms with van der Waals surface area (Å²) in [7, 11) is 0. The Morgan fingerprint density at radius 1 is 1.15 bits per heavy atom. The first-order chi connectivity index (χ1) is 13.0. The van der Waals surface area contributed by atoms with E-state index in [1.54, 1.807) is 17.0 Å². The van der Waals surface area contributed by atoms with Crippen molar-refractivity contribution in [3.05, 3.63) is 46.1 Å². The number of nitrogens with zero attached hydrogens (tertiary/aromatic N) is 4. The number of anilines is 2. The van der Waals surface area contributed by atoms with Crippen LogP contribution in [0.25, 0.3) is 0 Å². The monoisotopic (exact) mass is 371 g/mol. The maximum absolute atomic E-state index is 13.1. The fourth-order valence-corrected chi connectivity index (χ4v) is 3.89. The van der Waals surface area contributed by atoms with Crippen molar-refractivity contribution < 1.29 is 9.18 Å². The zero-order chi connectivity index (χ0) is 19.0. The van der Waals surface area contributed by atoms with Gasteiger partial charge in [-0.05, 0) is 43.0 Å². The molecule has 0 spiro atoms. The Bertz CT molecular complexity index is 911. The molecule has 2 atom stereocenters. The van der Waals surface area contributed by atoms with Crippen LogP contribution in [0.3, 0.4) is 0 Å². The molecule has 1 aromatic carbocycles. The van der Waals surface area contributed by atoms with Gasteiger partial charge in [-0.2, -0.15) is 0 Å². The van der Waals surface area contributed by atoms with E-state index < -0.39 is 11.5 Å². The lowest BCUT2D eigenvalue weighted by Gasteiger charge is -2.29. The lowest BCUT2D eigenvalue weighted by Crippen LogP contribution is -2.44. The first kappa shape index (κ1) is 17.6. The molecule has 1 aromatic heterocycles. The molecule has 1 fully saturated rings. The molecule has 2 aromatic rings. The third-order valence-electron chi connectivity index (χ3n) is 5.50. The van der Waals surface area contributed by atoms with Gasteiger partial charge in [0.15, 0.2) is 0 Å². The molecule has 7 nitrogen and oxygen atoms in total. The van der Waals surface area contributed by atoms with Gasteiger partial charge in [-0.15, -0.1) is 10.2 Å². The summed E-state index contributed by atoms with van der Waals surface area (Å²) in [5.74, 6) is -0.0248. The normalized spacial score (nSPS) is 21.8. The predicted molar refractivity (Wildman–Crippen MR) is 98.6 cm³/mol. The number of benzene rings is 1. The SMILES string of the molecule is C[C@H]1CCCC[C@H]1NC(=O)c1nnc2n(c1=O)CCN2c1ccc(F)cc1. The van der Waals surface area contributed by atoms with Gasteiger partial charge in [-0.1, -0.05) is 19.8 Å². The molecule has 1 aliphatic heterocycles. The van der Waals surface area contributed by atoms with Crippen LogP contribution >= 0.6 is 0 Å². The summed E-state index contributed by atoms with van der Waals surface area (Å²) in [5, 5.41) is 11.0. The Balaban J connectivity index is 1.58. The minimum absolute atomic E-state index is 0.0708. The van der Waals surface area contributed by atoms with Crippen LogP contribution in [0.1, 0.15) is 43.1 Å². The number of aromatic nitrogens is 3. The van der Waals surface area contributed by atoms with Crippen molar-refractivity contribution in [3.8, 4) is 0 Å². The van der Waals surface area contributed by atoms with E-state index in [9.17, 15) is 14.0 Å². The van der Waals surface area contributed by atoms with Crippen LogP contribution in [0.15, 0.2) is 29.1 Å². The van der Waals surface area contributed by atoms with Crippen molar-refractivity contribution in [2.24, 2.45) is 5.92 Å². The summed E-state index contributed by atoms with van der Waals surface area (Å²) in [6.45, 7) is 3.04. The standard InChI is InChI=1S/C19H22FN5O2/c1-12-4-2-3-5-15(12)21-17(26)16-18(27)25-11-10-24(19(25)23-22-16)14-8-6-13(20)7-9-14/h6-9,12,15H,2-5,10-11H2,1H3,(H,21,26)/t12-,15+/m0/s1. The number of nitrogens with one attached hydrogen (secondary N) is 1. The van der Waals surface area contributed by atoms with Crippen LogP contribution < -0.4 is 15.8 Å². The number of carbonyl (C=O) groups is 1. The van der Waals surface area contributed by atoms with Crippen LogP contribution in [0, 0.1) is 11.7 Å². The van der Waals surface area contributed by atoms with Gasteiger partial charge in [-0.25, -0.2) is 4.39 Å². The first-order valence-electron chi connectivity index (χ1n) is 9.36. The van der Waals surface area contributed by atoms with Gasteiger partial charge in [0.1, 0.15) is 5.82 Å². The molecular formula is C19H22FN5O2. The Morgan fingerprint density at radius 3 is 2.63 bits per heavy atom. The molecular weight excluding hydrogens is 349 g/mol. The van der Waals surface area contributed by atoms with Crippen molar-refractivity contribution in [1.82, 2.24) is 20.1 Å². The van der Waals surface area contributed by atoms with Gasteiger partial charge >= 0.3 is 0 Å². The molecule has 1 N–H and O–H groups in total. The van der Waals surface area contributed by atoms with Gasteiger partial charge in [0.25, 0.3) is 11.5 Å². The van der Waals surface area contributed by atoms with E-state index in [1.807, 2.05) is 0 Å². The summed E-state index contributed by atoms with van der Waals surface area (Å²) in [4.78, 5) is 27.1. The smallest absolute Gasteiger partial charge is 0.286 e. The summed E-state index contributed by atoms with van der Waals surface area (Å²) in [6.07, 6.45) is 4.25. The second-order valence-corrected chi connectivity index (χ2v) is 7.28. The minimum Gasteiger partial charge on any atom is -0.347 e. The van der Waals surface area contributed by atoms with E-state index in [2.05, 4.69) is 22.4 Å². The number of amides is 1. The summed E-state index contributed by atoms with van der Waals surface area (Å²) >= 11 is 0. The van der Waals surface area contributed by atoms with Crippen LogP contribution in [-0.4, -0.2) is 33.3 Å². The van der Waals surface area contributed by atoms with Crippen molar-refractivity contribution in [1.29, 1.82) is 0 Å². The second-order valence-electron chi connectivity index (χ2n) is 7.28. The number of fused-ring (bicyclic) bond motifs is 1. The Kier molecular flexibility index (Phi) is 4.63. The van der Waals surface area contributed by atoms with Crippen molar-refractivity contribution in [2.75, 3.05) is 11.4 Å². The van der Waals surface area contributed by atoms with Gasteiger partial charge in [0.2, 0.25) is 11.6 Å². The third kappa shape index (κ3) is 3.31. The highest BCUT2D eigenvalue weighted by Crippen LogP contribution is 2.27. The number of hydrogen-bond donors (Lipinski definition) is 1. The molecule has 0 bridgehead atoms. The zero-order valence-corrected chi connectivity index (χ0v) is 15.2. The average molecular weight is 371 g/mol. The van der Waals surface area contributed by atoms with Crippen molar-refractivity contribution in [3.63, 3.8) is 0 Å². The van der Waals surface area contributed by atoms with Gasteiger partial charge in [0, 0.05) is 24.8 Å². The molecule has 4 rings (SSSR count). The molecule has 8 heteroatoms. The first-order valence-corrected chi connectivity index (χ1v) is 9.36. The Labute approximate surface area is 156 Å². The van der Waals surface area contributed by atoms with Crippen LogP contribution in [0.2, 0.25) is 0 Å². The maximum Gasteiger partial charge on any atom is 0.286 e. The van der Waals surface area contributed by atoms with Gasteiger partial charge in [-0.3, -0.25) is 14.2 Å². The number of rotatable bonds is 3. The van der Waals surface area contributed by atoms with E-state index in [4.69, 9.17) is 0 Å². The van der Waals surface area contributed by atoms with E-state index >= 15 is 0 Å². The van der Waals surface area contributed by atoms with Gasteiger partial charge in [0.05, 0.1) is 0 Å². The van der Waals surface area contributed by atoms with Crippen molar-refractivity contribution >= 4 is 17.5 Å². The second kappa shape index (κ2) is 7.09. The Morgan fingerprint density at radius 2 is 1.89 bits per heavy atom. The lowest BCUT2D eigenvalue weighted by atomic mass is 9.86. The zero-order valence-electron chi connectivity index (χ0n) is 15.2. The fourth-order valence-electron chi connectivity index (χ4n) is 3.89. The molecule has 0 saturated heterocycles. The van der Waals surface area contributed by atoms with Crippen LogP contribution in [0.5, 0.6) is 0 Å². The highest BCUT2D eigenvalue weighted by molar-refractivity contribution is 5.92. The Hall–Kier alpha value is -2.77. The minimum atomic E-state index is -0.457. The lowest BCUT2D eigenvalue weighted by molar-refractivity contribution is 0.0901. The fraction of sp³-hybridized carbons (Fsp3) is 0.474. The topological polar surface area (TPSA) is 80.1 Å². The summed E-state index contributed by atoms with van der Waals surface area (Å²) in [5.41, 5.74) is 0.118. The quantitative estimate of drug-likeness (QED) is 0.895. The molecule has 2 aliphatic rings. The van der Waals surface area contributed by atoms with Gasteiger partial charge < -0.3 is 10.2 Å². The highest BCUT2D eigenvalue weighted by Gasteiger charge is 2.29. The van der Waals surface area contributed by atoms with E-state index in [0.717, 1.165) is 24.9 Å². The van der Waals surface area contributed by atoms with Crippen LogP contribution in [-0.2, 0) is 6.54 Å². The third-order valence-corrected chi connectivity index (χ3v) is 5.50. The van der Waals surface area contributed by atoms with E-state index in [0.29, 0.717) is 25.0 Å². The average Bonchev–Trinajstić information content (AvgIpc) is 3.09. The molecule has 2 heterocycles. The largest absolute Gasteiger partial charge is 0.347 e. The molecule has 27 heavy (non-hydrogen) atoms. The molecule has 0 unspecified atom stereocenters. The van der Waals surface area contributed by atoms with Crippen LogP contribution in [0.4, 0.5) is 16.0 Å². The molecule has 1 amide bonds. The van der Waals surface area contributed by atoms with E-state index in [-0.39, 0.29) is 17.6 Å². The highest BCUT2D eigenvalue weighted by atomic mass is 19.1. The molecule has 142 valence electrons. The summed E-state index contributed by atoms with van der Waals surface area (Å²) in [6, 6.07) is 6.04. The van der Waals surface area contributed by atoms with E-state index in [1.165, 1.54) is 23.1 Å². The van der Waals surface area contributed by atoms with Crippen molar-refractivity contribution in [2.45, 2.75) is 45.2 Å². The molecule has 1 saturated carbocycles. The number of carbonyl (C=O) groups excluding carboxylic acids is 1. The predicted octanol–water partition coefficient (Wildman–Crippen LogP) is 2.24. The molecule has 1 aliphatic carbocycles. The number of hydrogen-bond acceptors (Lipinski definition) is 5. The summed E-state index contributed by atoms with van der Waals surface area (Å²) < 4.78 is 14.6. The number of halogens is 1.